The summed E-state index contributed by atoms with van der Waals surface area (Å²) >= 11 is 0. The number of hydrogen-bond acceptors (Lipinski definition) is 3. The molecule has 1 aliphatic rings. The molecule has 3 aromatic carbocycles. The molecule has 0 atom stereocenters. The molecule has 4 rings (SSSR count). The SMILES string of the molecule is CC=Cc1ccc(-c2ccc(OC(=O)C3CCC(c4ccc(OCC)c(F)c4)CC3)c(F)c2F)cc1. The summed E-state index contributed by atoms with van der Waals surface area (Å²) in [7, 11) is 0. The van der Waals surface area contributed by atoms with Crippen LogP contribution in [0, 0.1) is 23.4 Å². The van der Waals surface area contributed by atoms with E-state index in [0.29, 0.717) is 37.9 Å². The lowest BCUT2D eigenvalue weighted by molar-refractivity contribution is -0.140. The van der Waals surface area contributed by atoms with Gasteiger partial charge in [0.25, 0.3) is 0 Å². The molecule has 1 aliphatic carbocycles. The number of benzene rings is 3. The molecule has 0 bridgehead atoms. The molecule has 0 heterocycles. The van der Waals surface area contributed by atoms with Crippen LogP contribution < -0.4 is 9.47 Å². The Hall–Kier alpha value is -3.54. The van der Waals surface area contributed by atoms with Crippen molar-refractivity contribution >= 4 is 12.0 Å². The quantitative estimate of drug-likeness (QED) is 0.246. The average molecular weight is 495 g/mol. The second-order valence-corrected chi connectivity index (χ2v) is 8.95. The Bertz CT molecular complexity index is 1240. The zero-order chi connectivity index (χ0) is 25.7. The Morgan fingerprint density at radius 2 is 1.61 bits per heavy atom. The van der Waals surface area contributed by atoms with Crippen LogP contribution >= 0.6 is 0 Å². The molecular formula is C30H29F3O3. The van der Waals surface area contributed by atoms with Gasteiger partial charge in [0.1, 0.15) is 0 Å². The van der Waals surface area contributed by atoms with E-state index in [9.17, 15) is 18.0 Å². The van der Waals surface area contributed by atoms with Gasteiger partial charge in [0.15, 0.2) is 23.1 Å². The third-order valence-corrected chi connectivity index (χ3v) is 6.63. The van der Waals surface area contributed by atoms with Gasteiger partial charge < -0.3 is 9.47 Å². The molecule has 0 spiro atoms. The van der Waals surface area contributed by atoms with Crippen molar-refractivity contribution in [1.82, 2.24) is 0 Å². The fourth-order valence-corrected chi connectivity index (χ4v) is 4.70. The first-order chi connectivity index (χ1) is 17.4. The van der Waals surface area contributed by atoms with Crippen LogP contribution in [0.1, 0.15) is 56.6 Å². The largest absolute Gasteiger partial charge is 0.491 e. The third-order valence-electron chi connectivity index (χ3n) is 6.63. The Kier molecular flexibility index (Phi) is 8.14. The Morgan fingerprint density at radius 3 is 2.25 bits per heavy atom. The summed E-state index contributed by atoms with van der Waals surface area (Å²) in [6.45, 7) is 4.09. The summed E-state index contributed by atoms with van der Waals surface area (Å²) in [5.74, 6) is -3.70. The molecule has 36 heavy (non-hydrogen) atoms. The van der Waals surface area contributed by atoms with E-state index >= 15 is 0 Å². The summed E-state index contributed by atoms with van der Waals surface area (Å²) in [5.41, 5.74) is 2.45. The number of esters is 1. The molecule has 0 N–H and O–H groups in total. The van der Waals surface area contributed by atoms with Gasteiger partial charge in [-0.2, -0.15) is 4.39 Å². The molecule has 6 heteroatoms. The average Bonchev–Trinajstić information content (AvgIpc) is 2.89. The normalized spacial score (nSPS) is 17.8. The second-order valence-electron chi connectivity index (χ2n) is 8.95. The summed E-state index contributed by atoms with van der Waals surface area (Å²) in [5, 5.41) is 0. The minimum Gasteiger partial charge on any atom is -0.491 e. The molecule has 0 aromatic heterocycles. The second kappa shape index (κ2) is 11.5. The number of carbonyl (C=O) groups is 1. The van der Waals surface area contributed by atoms with Gasteiger partial charge in [0.2, 0.25) is 5.82 Å². The van der Waals surface area contributed by atoms with E-state index in [4.69, 9.17) is 9.47 Å². The molecular weight excluding hydrogens is 465 g/mol. The summed E-state index contributed by atoms with van der Waals surface area (Å²) in [6.07, 6.45) is 6.20. The Labute approximate surface area is 209 Å². The van der Waals surface area contributed by atoms with Crippen LogP contribution in [-0.4, -0.2) is 12.6 Å². The highest BCUT2D eigenvalue weighted by Crippen LogP contribution is 2.38. The summed E-state index contributed by atoms with van der Waals surface area (Å²) in [6, 6.07) is 14.8. The van der Waals surface area contributed by atoms with E-state index in [1.807, 2.05) is 37.3 Å². The van der Waals surface area contributed by atoms with E-state index in [0.717, 1.165) is 11.1 Å². The first-order valence-corrected chi connectivity index (χ1v) is 12.3. The van der Waals surface area contributed by atoms with Crippen molar-refractivity contribution in [2.24, 2.45) is 5.92 Å². The van der Waals surface area contributed by atoms with E-state index < -0.39 is 35.1 Å². The number of rotatable bonds is 7. The van der Waals surface area contributed by atoms with Crippen molar-refractivity contribution in [3.63, 3.8) is 0 Å². The maximum atomic E-state index is 14.8. The summed E-state index contributed by atoms with van der Waals surface area (Å²) < 4.78 is 54.3. The van der Waals surface area contributed by atoms with E-state index in [1.165, 1.54) is 18.2 Å². The fraction of sp³-hybridized carbons (Fsp3) is 0.300. The highest BCUT2D eigenvalue weighted by Gasteiger charge is 2.30. The van der Waals surface area contributed by atoms with E-state index in [-0.39, 0.29) is 17.2 Å². The summed E-state index contributed by atoms with van der Waals surface area (Å²) in [4.78, 5) is 12.7. The van der Waals surface area contributed by atoms with Crippen LogP contribution in [0.3, 0.4) is 0 Å². The van der Waals surface area contributed by atoms with Gasteiger partial charge in [0, 0.05) is 5.56 Å². The highest BCUT2D eigenvalue weighted by molar-refractivity contribution is 5.76. The van der Waals surface area contributed by atoms with Crippen molar-refractivity contribution in [2.75, 3.05) is 6.61 Å². The molecule has 0 saturated heterocycles. The van der Waals surface area contributed by atoms with Crippen LogP contribution in [0.25, 0.3) is 17.2 Å². The first kappa shape index (κ1) is 25.5. The molecule has 188 valence electrons. The molecule has 1 fully saturated rings. The van der Waals surface area contributed by atoms with Crippen LogP contribution in [0.2, 0.25) is 0 Å². The minimum absolute atomic E-state index is 0.0995. The van der Waals surface area contributed by atoms with Gasteiger partial charge in [0.05, 0.1) is 12.5 Å². The van der Waals surface area contributed by atoms with Gasteiger partial charge in [-0.1, -0.05) is 42.5 Å². The fourth-order valence-electron chi connectivity index (χ4n) is 4.70. The molecule has 3 aromatic rings. The molecule has 0 radical (unpaired) electrons. The number of allylic oxidation sites excluding steroid dienone is 1. The van der Waals surface area contributed by atoms with E-state index in [1.54, 1.807) is 25.1 Å². The lowest BCUT2D eigenvalue weighted by Crippen LogP contribution is -2.25. The molecule has 0 aliphatic heterocycles. The molecule has 3 nitrogen and oxygen atoms in total. The zero-order valence-corrected chi connectivity index (χ0v) is 20.4. The van der Waals surface area contributed by atoms with Gasteiger partial charge in [-0.15, -0.1) is 0 Å². The molecule has 1 saturated carbocycles. The number of halogens is 3. The van der Waals surface area contributed by atoms with Crippen LogP contribution in [0.15, 0.2) is 60.7 Å². The van der Waals surface area contributed by atoms with Gasteiger partial charge in [-0.05, 0) is 86.4 Å². The van der Waals surface area contributed by atoms with Gasteiger partial charge in [-0.25, -0.2) is 8.78 Å². The Balaban J connectivity index is 1.39. The van der Waals surface area contributed by atoms with Crippen molar-refractivity contribution in [3.05, 3.63) is 89.3 Å². The van der Waals surface area contributed by atoms with Gasteiger partial charge in [-0.3, -0.25) is 4.79 Å². The van der Waals surface area contributed by atoms with Gasteiger partial charge >= 0.3 is 5.97 Å². The molecule has 0 amide bonds. The standard InChI is InChI=1S/C30H29F3O3/c1-3-5-19-6-8-21(9-7-19)24-15-17-27(29(33)28(24)32)36-30(34)22-12-10-20(11-13-22)23-14-16-26(35-4-2)25(31)18-23/h3,5-9,14-18,20,22H,4,10-13H2,1-2H3. The third kappa shape index (κ3) is 5.64. The number of carbonyl (C=O) groups excluding carboxylic acids is 1. The number of hydrogen-bond donors (Lipinski definition) is 0. The predicted molar refractivity (Wildman–Crippen MR) is 134 cm³/mol. The minimum atomic E-state index is -1.18. The Morgan fingerprint density at radius 1 is 0.917 bits per heavy atom. The van der Waals surface area contributed by atoms with Crippen LogP contribution in [0.4, 0.5) is 13.2 Å². The van der Waals surface area contributed by atoms with E-state index in [2.05, 4.69) is 0 Å². The van der Waals surface area contributed by atoms with Crippen molar-refractivity contribution in [1.29, 1.82) is 0 Å². The van der Waals surface area contributed by atoms with Crippen molar-refractivity contribution in [2.45, 2.75) is 45.4 Å². The monoisotopic (exact) mass is 494 g/mol. The lowest BCUT2D eigenvalue weighted by Gasteiger charge is -2.27. The maximum absolute atomic E-state index is 14.8. The lowest BCUT2D eigenvalue weighted by atomic mass is 9.78. The predicted octanol–water partition coefficient (Wildman–Crippen LogP) is 8.08. The van der Waals surface area contributed by atoms with Crippen LogP contribution in [-0.2, 0) is 4.79 Å². The maximum Gasteiger partial charge on any atom is 0.314 e. The van der Waals surface area contributed by atoms with Crippen molar-refractivity contribution in [3.8, 4) is 22.6 Å². The van der Waals surface area contributed by atoms with Crippen LogP contribution in [0.5, 0.6) is 11.5 Å². The highest BCUT2D eigenvalue weighted by atomic mass is 19.2. The molecule has 0 unspecified atom stereocenters. The smallest absolute Gasteiger partial charge is 0.314 e. The number of ether oxygens (including phenoxy) is 2. The first-order valence-electron chi connectivity index (χ1n) is 12.3. The zero-order valence-electron chi connectivity index (χ0n) is 20.4. The topological polar surface area (TPSA) is 35.5 Å². The van der Waals surface area contributed by atoms with Crippen molar-refractivity contribution < 1.29 is 27.4 Å².